The molecule has 2 saturated heterocycles. The van der Waals surface area contributed by atoms with E-state index >= 15 is 0 Å². The van der Waals surface area contributed by atoms with E-state index in [0.29, 0.717) is 30.6 Å². The zero-order valence-electron chi connectivity index (χ0n) is 16.2. The van der Waals surface area contributed by atoms with Crippen molar-refractivity contribution in [2.75, 3.05) is 25.4 Å². The maximum Gasteiger partial charge on any atom is 0.233 e. The molecule has 0 N–H and O–H groups in total. The number of amides is 2. The van der Waals surface area contributed by atoms with E-state index in [-0.39, 0.29) is 17.9 Å². The predicted molar refractivity (Wildman–Crippen MR) is 106 cm³/mol. The summed E-state index contributed by atoms with van der Waals surface area (Å²) in [5.41, 5.74) is 1.17. The summed E-state index contributed by atoms with van der Waals surface area (Å²) >= 11 is 1.42. The van der Waals surface area contributed by atoms with Crippen molar-refractivity contribution in [1.29, 1.82) is 0 Å². The van der Waals surface area contributed by atoms with Crippen molar-refractivity contribution in [2.45, 2.75) is 24.5 Å². The number of hydrogen-bond donors (Lipinski definition) is 0. The molecule has 2 aliphatic heterocycles. The molecule has 0 aliphatic carbocycles. The van der Waals surface area contributed by atoms with Gasteiger partial charge in [-0.3, -0.25) is 9.59 Å². The first-order valence-electron chi connectivity index (χ1n) is 9.67. The summed E-state index contributed by atoms with van der Waals surface area (Å²) in [5.74, 6) is 1.31. The second kappa shape index (κ2) is 7.95. The normalized spacial score (nSPS) is 23.9. The van der Waals surface area contributed by atoms with E-state index in [1.54, 1.807) is 6.33 Å². The lowest BCUT2D eigenvalue weighted by Crippen LogP contribution is -2.37. The molecular weight excluding hydrogens is 374 g/mol. The minimum atomic E-state index is 0.0582. The molecule has 0 spiro atoms. The molecule has 3 atom stereocenters. The highest BCUT2D eigenvalue weighted by Gasteiger charge is 2.49. The third-order valence-electron chi connectivity index (χ3n) is 5.78. The molecule has 28 heavy (non-hydrogen) atoms. The lowest BCUT2D eigenvalue weighted by Gasteiger charge is -2.30. The number of carbonyl (C=O) groups excluding carboxylic acids is 2. The third-order valence-corrected chi connectivity index (χ3v) is 6.79. The van der Waals surface area contributed by atoms with Gasteiger partial charge in [0.15, 0.2) is 5.16 Å². The Kier molecular flexibility index (Phi) is 5.39. The Balaban J connectivity index is 1.46. The van der Waals surface area contributed by atoms with E-state index in [9.17, 15) is 9.59 Å². The SMILES string of the molecule is CCC(=O)N1C[C@@H]2CN(C(=O)CSc3nncn3C)C[C@@H]2[C@@H]1c1ccccc1. The minimum absolute atomic E-state index is 0.0582. The third kappa shape index (κ3) is 3.53. The van der Waals surface area contributed by atoms with Crippen LogP contribution < -0.4 is 0 Å². The maximum absolute atomic E-state index is 12.8. The van der Waals surface area contributed by atoms with Gasteiger partial charge in [0.25, 0.3) is 0 Å². The zero-order chi connectivity index (χ0) is 19.7. The van der Waals surface area contributed by atoms with Gasteiger partial charge in [0, 0.05) is 44.9 Å². The van der Waals surface area contributed by atoms with Crippen LogP contribution in [0.5, 0.6) is 0 Å². The molecule has 2 fully saturated rings. The van der Waals surface area contributed by atoms with Crippen molar-refractivity contribution in [3.63, 3.8) is 0 Å². The average Bonchev–Trinajstić information content (AvgIpc) is 3.40. The molecule has 8 heteroatoms. The summed E-state index contributed by atoms with van der Waals surface area (Å²) in [6.45, 7) is 4.07. The summed E-state index contributed by atoms with van der Waals surface area (Å²) < 4.78 is 1.82. The van der Waals surface area contributed by atoms with Crippen molar-refractivity contribution in [3.8, 4) is 0 Å². The fourth-order valence-corrected chi connectivity index (χ4v) is 5.20. The van der Waals surface area contributed by atoms with E-state index in [1.807, 2.05) is 46.5 Å². The summed E-state index contributed by atoms with van der Waals surface area (Å²) in [6, 6.07) is 10.3. The molecule has 2 aliphatic rings. The fourth-order valence-electron chi connectivity index (χ4n) is 4.41. The molecule has 0 bridgehead atoms. The molecule has 4 rings (SSSR count). The second-order valence-electron chi connectivity index (χ2n) is 7.49. The summed E-state index contributed by atoms with van der Waals surface area (Å²) in [6.07, 6.45) is 2.15. The van der Waals surface area contributed by atoms with E-state index in [1.165, 1.54) is 17.3 Å². The first-order chi connectivity index (χ1) is 13.6. The van der Waals surface area contributed by atoms with Crippen molar-refractivity contribution in [1.82, 2.24) is 24.6 Å². The van der Waals surface area contributed by atoms with Gasteiger partial charge in [-0.15, -0.1) is 10.2 Å². The molecule has 1 aromatic heterocycles. The standard InChI is InChI=1S/C20H25N5O2S/c1-3-17(26)25-10-15-9-24(18(27)12-28-20-22-21-13-23(20)2)11-16(15)19(25)14-7-5-4-6-8-14/h4-8,13,15-16,19H,3,9-12H2,1-2H3/t15-,16-,19-/m0/s1. The van der Waals surface area contributed by atoms with Crippen LogP contribution in [0.25, 0.3) is 0 Å². The van der Waals surface area contributed by atoms with Crippen LogP contribution in [0.3, 0.4) is 0 Å². The summed E-state index contributed by atoms with van der Waals surface area (Å²) in [7, 11) is 1.87. The van der Waals surface area contributed by atoms with Gasteiger partial charge in [-0.25, -0.2) is 0 Å². The number of fused-ring (bicyclic) bond motifs is 1. The predicted octanol–water partition coefficient (Wildman–Crippen LogP) is 1.98. The lowest BCUT2D eigenvalue weighted by atomic mass is 9.89. The van der Waals surface area contributed by atoms with E-state index in [0.717, 1.165) is 18.2 Å². The zero-order valence-corrected chi connectivity index (χ0v) is 17.0. The highest BCUT2D eigenvalue weighted by molar-refractivity contribution is 7.99. The molecule has 1 aromatic carbocycles. The number of aryl methyl sites for hydroxylation is 1. The van der Waals surface area contributed by atoms with Crippen LogP contribution in [-0.2, 0) is 16.6 Å². The summed E-state index contributed by atoms with van der Waals surface area (Å²) in [4.78, 5) is 29.3. The smallest absolute Gasteiger partial charge is 0.233 e. The molecule has 148 valence electrons. The Labute approximate surface area is 169 Å². The maximum atomic E-state index is 12.8. The van der Waals surface area contributed by atoms with Crippen LogP contribution in [0, 0.1) is 11.8 Å². The Morgan fingerprint density at radius 1 is 1.14 bits per heavy atom. The van der Waals surface area contributed by atoms with Gasteiger partial charge in [-0.05, 0) is 5.56 Å². The van der Waals surface area contributed by atoms with Gasteiger partial charge < -0.3 is 14.4 Å². The van der Waals surface area contributed by atoms with E-state index in [2.05, 4.69) is 22.3 Å². The molecule has 0 radical (unpaired) electrons. The topological polar surface area (TPSA) is 71.3 Å². The highest BCUT2D eigenvalue weighted by atomic mass is 32.2. The number of thioether (sulfide) groups is 1. The number of nitrogens with zero attached hydrogens (tertiary/aromatic N) is 5. The minimum Gasteiger partial charge on any atom is -0.341 e. The van der Waals surface area contributed by atoms with Gasteiger partial charge in [0.2, 0.25) is 11.8 Å². The van der Waals surface area contributed by atoms with E-state index in [4.69, 9.17) is 0 Å². The van der Waals surface area contributed by atoms with Crippen molar-refractivity contribution < 1.29 is 9.59 Å². The van der Waals surface area contributed by atoms with Gasteiger partial charge >= 0.3 is 0 Å². The van der Waals surface area contributed by atoms with Crippen molar-refractivity contribution in [2.24, 2.45) is 18.9 Å². The lowest BCUT2D eigenvalue weighted by molar-refractivity contribution is -0.132. The number of likely N-dealkylation sites (tertiary alicyclic amines) is 2. The number of hydrogen-bond acceptors (Lipinski definition) is 5. The van der Waals surface area contributed by atoms with Gasteiger partial charge in [0.05, 0.1) is 11.8 Å². The van der Waals surface area contributed by atoms with E-state index < -0.39 is 0 Å². The van der Waals surface area contributed by atoms with Crippen LogP contribution in [-0.4, -0.2) is 61.8 Å². The van der Waals surface area contributed by atoms with Gasteiger partial charge in [0.1, 0.15) is 6.33 Å². The van der Waals surface area contributed by atoms with Crippen molar-refractivity contribution in [3.05, 3.63) is 42.2 Å². The number of benzene rings is 1. The molecule has 0 saturated carbocycles. The molecule has 2 aromatic rings. The molecule has 2 amide bonds. The van der Waals surface area contributed by atoms with Crippen LogP contribution in [0.4, 0.5) is 0 Å². The Bertz CT molecular complexity index is 855. The van der Waals surface area contributed by atoms with Gasteiger partial charge in [-0.1, -0.05) is 49.0 Å². The average molecular weight is 400 g/mol. The molecule has 0 unspecified atom stereocenters. The Hall–Kier alpha value is -2.35. The van der Waals surface area contributed by atoms with Crippen molar-refractivity contribution >= 4 is 23.6 Å². The monoisotopic (exact) mass is 399 g/mol. The first kappa shape index (κ1) is 19.0. The Morgan fingerprint density at radius 3 is 2.61 bits per heavy atom. The number of rotatable bonds is 5. The molecule has 7 nitrogen and oxygen atoms in total. The largest absolute Gasteiger partial charge is 0.341 e. The summed E-state index contributed by atoms with van der Waals surface area (Å²) in [5, 5.41) is 8.62. The fraction of sp³-hybridized carbons (Fsp3) is 0.500. The highest BCUT2D eigenvalue weighted by Crippen LogP contribution is 2.45. The van der Waals surface area contributed by atoms with Crippen LogP contribution in [0.1, 0.15) is 24.9 Å². The Morgan fingerprint density at radius 2 is 1.93 bits per heavy atom. The van der Waals surface area contributed by atoms with Crippen LogP contribution in [0.2, 0.25) is 0 Å². The molecule has 3 heterocycles. The number of carbonyl (C=O) groups is 2. The van der Waals surface area contributed by atoms with Gasteiger partial charge in [-0.2, -0.15) is 0 Å². The number of aromatic nitrogens is 3. The quantitative estimate of drug-likeness (QED) is 0.719. The first-order valence-corrected chi connectivity index (χ1v) is 10.7. The molecular formula is C20H25N5O2S. The van der Waals surface area contributed by atoms with Crippen LogP contribution >= 0.6 is 11.8 Å². The second-order valence-corrected chi connectivity index (χ2v) is 8.43. The van der Waals surface area contributed by atoms with Crippen LogP contribution in [0.15, 0.2) is 41.8 Å².